The number of pyridine rings is 1. The van der Waals surface area contributed by atoms with E-state index in [4.69, 9.17) is 16.7 Å². The summed E-state index contributed by atoms with van der Waals surface area (Å²) in [6, 6.07) is 5.85. The minimum Gasteiger partial charge on any atom is -0.392 e. The van der Waals surface area contributed by atoms with E-state index in [0.717, 1.165) is 5.56 Å². The maximum Gasteiger partial charge on any atom is 0.261 e. The van der Waals surface area contributed by atoms with Gasteiger partial charge in [-0.2, -0.15) is 0 Å². The van der Waals surface area contributed by atoms with Gasteiger partial charge in [-0.15, -0.1) is 0 Å². The second kappa shape index (κ2) is 5.78. The van der Waals surface area contributed by atoms with Crippen molar-refractivity contribution in [1.82, 2.24) is 4.98 Å². The van der Waals surface area contributed by atoms with Crippen LogP contribution in [-0.4, -0.2) is 18.5 Å². The molecule has 7 heteroatoms. The third-order valence-electron chi connectivity index (χ3n) is 2.63. The summed E-state index contributed by atoms with van der Waals surface area (Å²) in [7, 11) is -3.73. The van der Waals surface area contributed by atoms with Crippen molar-refractivity contribution in [2.45, 2.75) is 18.4 Å². The monoisotopic (exact) mass is 312 g/mol. The van der Waals surface area contributed by atoms with Crippen LogP contribution >= 0.6 is 11.6 Å². The maximum absolute atomic E-state index is 12.2. The number of nitrogens with zero attached hydrogens (tertiary/aromatic N) is 1. The number of hydrogen-bond donors (Lipinski definition) is 2. The van der Waals surface area contributed by atoms with Gasteiger partial charge in [0, 0.05) is 11.2 Å². The molecule has 2 rings (SSSR count). The lowest BCUT2D eigenvalue weighted by molar-refractivity contribution is 0.282. The Kier molecular flexibility index (Phi) is 4.27. The standard InChI is InChI=1S/C13H13ClN2O3S/c1-9-4-11(7-15-6-9)16-20(18,19)12-3-2-10(8-17)13(14)5-12/h2-7,16-17H,8H2,1H3. The summed E-state index contributed by atoms with van der Waals surface area (Å²) in [5, 5.41) is 9.23. The highest BCUT2D eigenvalue weighted by Gasteiger charge is 2.16. The highest BCUT2D eigenvalue weighted by Crippen LogP contribution is 2.22. The predicted molar refractivity (Wildman–Crippen MR) is 77.2 cm³/mol. The second-order valence-electron chi connectivity index (χ2n) is 4.27. The number of nitrogens with one attached hydrogen (secondary N) is 1. The first-order chi connectivity index (χ1) is 9.42. The fraction of sp³-hybridized carbons (Fsp3) is 0.154. The molecule has 20 heavy (non-hydrogen) atoms. The van der Waals surface area contributed by atoms with Gasteiger partial charge in [-0.25, -0.2) is 8.42 Å². The van der Waals surface area contributed by atoms with E-state index in [1.807, 2.05) is 6.92 Å². The van der Waals surface area contributed by atoms with Gasteiger partial charge in [0.2, 0.25) is 0 Å². The fourth-order valence-corrected chi connectivity index (χ4v) is 3.01. The molecule has 2 aromatic rings. The van der Waals surface area contributed by atoms with E-state index in [0.29, 0.717) is 11.3 Å². The van der Waals surface area contributed by atoms with Crippen molar-refractivity contribution in [3.63, 3.8) is 0 Å². The molecule has 0 saturated heterocycles. The van der Waals surface area contributed by atoms with Crippen LogP contribution in [-0.2, 0) is 16.6 Å². The molecule has 0 bridgehead atoms. The molecule has 0 fully saturated rings. The van der Waals surface area contributed by atoms with Gasteiger partial charge in [0.25, 0.3) is 10.0 Å². The van der Waals surface area contributed by atoms with Gasteiger partial charge in [-0.3, -0.25) is 9.71 Å². The van der Waals surface area contributed by atoms with Crippen molar-refractivity contribution in [2.24, 2.45) is 0 Å². The highest BCUT2D eigenvalue weighted by atomic mass is 35.5. The smallest absolute Gasteiger partial charge is 0.261 e. The summed E-state index contributed by atoms with van der Waals surface area (Å²) in [6.07, 6.45) is 3.05. The zero-order valence-electron chi connectivity index (χ0n) is 10.7. The zero-order valence-corrected chi connectivity index (χ0v) is 12.2. The Balaban J connectivity index is 2.33. The van der Waals surface area contributed by atoms with Crippen LogP contribution < -0.4 is 4.72 Å². The number of anilines is 1. The molecule has 0 saturated carbocycles. The summed E-state index contributed by atoms with van der Waals surface area (Å²) in [6.45, 7) is 1.58. The van der Waals surface area contributed by atoms with Crippen molar-refractivity contribution < 1.29 is 13.5 Å². The Bertz CT molecular complexity index is 732. The molecule has 1 heterocycles. The van der Waals surface area contributed by atoms with Crippen LogP contribution in [0.1, 0.15) is 11.1 Å². The Morgan fingerprint density at radius 3 is 2.65 bits per heavy atom. The summed E-state index contributed by atoms with van der Waals surface area (Å²) >= 11 is 5.90. The van der Waals surface area contributed by atoms with E-state index >= 15 is 0 Å². The Morgan fingerprint density at radius 2 is 2.05 bits per heavy atom. The molecule has 2 N–H and O–H groups in total. The summed E-state index contributed by atoms with van der Waals surface area (Å²) in [5.74, 6) is 0. The molecular formula is C13H13ClN2O3S. The number of rotatable bonds is 4. The van der Waals surface area contributed by atoms with Crippen molar-refractivity contribution in [3.05, 3.63) is 52.8 Å². The number of aromatic nitrogens is 1. The molecule has 0 unspecified atom stereocenters. The fourth-order valence-electron chi connectivity index (χ4n) is 1.65. The Hall–Kier alpha value is -1.63. The summed E-state index contributed by atoms with van der Waals surface area (Å²) < 4.78 is 26.8. The quantitative estimate of drug-likeness (QED) is 0.908. The molecule has 0 spiro atoms. The number of aryl methyl sites for hydroxylation is 1. The van der Waals surface area contributed by atoms with E-state index < -0.39 is 10.0 Å². The third-order valence-corrected chi connectivity index (χ3v) is 4.36. The van der Waals surface area contributed by atoms with Gasteiger partial charge >= 0.3 is 0 Å². The van der Waals surface area contributed by atoms with E-state index in [1.54, 1.807) is 12.3 Å². The molecule has 0 aliphatic heterocycles. The van der Waals surface area contributed by atoms with Crippen LogP contribution in [0.4, 0.5) is 5.69 Å². The summed E-state index contributed by atoms with van der Waals surface area (Å²) in [4.78, 5) is 3.95. The number of benzene rings is 1. The van der Waals surface area contributed by atoms with Crippen LogP contribution in [0.3, 0.4) is 0 Å². The highest BCUT2D eigenvalue weighted by molar-refractivity contribution is 7.92. The van der Waals surface area contributed by atoms with Crippen LogP contribution in [0.25, 0.3) is 0 Å². The Morgan fingerprint density at radius 1 is 1.30 bits per heavy atom. The van der Waals surface area contributed by atoms with Gasteiger partial charge in [0.1, 0.15) is 0 Å². The molecule has 106 valence electrons. The van der Waals surface area contributed by atoms with Gasteiger partial charge in [-0.1, -0.05) is 17.7 Å². The largest absolute Gasteiger partial charge is 0.392 e. The first kappa shape index (κ1) is 14.8. The molecule has 1 aromatic heterocycles. The van der Waals surface area contributed by atoms with E-state index in [9.17, 15) is 8.42 Å². The predicted octanol–water partition coefficient (Wildman–Crippen LogP) is 2.34. The van der Waals surface area contributed by atoms with E-state index in [-0.39, 0.29) is 16.5 Å². The summed E-state index contributed by atoms with van der Waals surface area (Å²) in [5.41, 5.74) is 1.70. The molecule has 0 aliphatic rings. The molecule has 0 aliphatic carbocycles. The average Bonchev–Trinajstić information content (AvgIpc) is 2.38. The molecule has 1 aromatic carbocycles. The topological polar surface area (TPSA) is 79.3 Å². The van der Waals surface area contributed by atoms with Crippen LogP contribution in [0.5, 0.6) is 0 Å². The van der Waals surface area contributed by atoms with Crippen molar-refractivity contribution in [3.8, 4) is 0 Å². The molecule has 0 radical (unpaired) electrons. The van der Waals surface area contributed by atoms with Gasteiger partial charge < -0.3 is 5.11 Å². The normalized spacial score (nSPS) is 11.3. The first-order valence-corrected chi connectivity index (χ1v) is 7.62. The Labute approximate surface area is 122 Å². The molecule has 0 atom stereocenters. The molecule has 0 amide bonds. The van der Waals surface area contributed by atoms with Gasteiger partial charge in [0.05, 0.1) is 23.4 Å². The lowest BCUT2D eigenvalue weighted by Gasteiger charge is -2.09. The SMILES string of the molecule is Cc1cncc(NS(=O)(=O)c2ccc(CO)c(Cl)c2)c1. The first-order valence-electron chi connectivity index (χ1n) is 5.76. The number of halogens is 1. The minimum absolute atomic E-state index is 0.0289. The van der Waals surface area contributed by atoms with Crippen LogP contribution in [0, 0.1) is 6.92 Å². The number of hydrogen-bond acceptors (Lipinski definition) is 4. The van der Waals surface area contributed by atoms with Crippen molar-refractivity contribution >= 4 is 27.3 Å². The van der Waals surface area contributed by atoms with E-state index in [2.05, 4.69) is 9.71 Å². The lowest BCUT2D eigenvalue weighted by Crippen LogP contribution is -2.13. The maximum atomic E-state index is 12.2. The number of aliphatic hydroxyl groups is 1. The molecular weight excluding hydrogens is 300 g/mol. The van der Waals surface area contributed by atoms with Crippen LogP contribution in [0.2, 0.25) is 5.02 Å². The molecule has 5 nitrogen and oxygen atoms in total. The average molecular weight is 313 g/mol. The third kappa shape index (κ3) is 3.27. The zero-order chi connectivity index (χ0) is 14.8. The van der Waals surface area contributed by atoms with Crippen molar-refractivity contribution in [1.29, 1.82) is 0 Å². The van der Waals surface area contributed by atoms with E-state index in [1.165, 1.54) is 24.4 Å². The number of aliphatic hydroxyl groups excluding tert-OH is 1. The van der Waals surface area contributed by atoms with Gasteiger partial charge in [0.15, 0.2) is 0 Å². The van der Waals surface area contributed by atoms with Gasteiger partial charge in [-0.05, 0) is 36.2 Å². The lowest BCUT2D eigenvalue weighted by atomic mass is 10.2. The van der Waals surface area contributed by atoms with Crippen LogP contribution in [0.15, 0.2) is 41.6 Å². The van der Waals surface area contributed by atoms with Crippen molar-refractivity contribution in [2.75, 3.05) is 4.72 Å². The minimum atomic E-state index is -3.73. The number of sulfonamides is 1. The second-order valence-corrected chi connectivity index (χ2v) is 6.36.